The van der Waals surface area contributed by atoms with Crippen molar-refractivity contribution in [3.8, 4) is 0 Å². The van der Waals surface area contributed by atoms with Gasteiger partial charge in [-0.25, -0.2) is 0 Å². The van der Waals surface area contributed by atoms with Crippen LogP contribution in [0.1, 0.15) is 83.1 Å². The molecule has 0 aliphatic rings. The number of rotatable bonds is 6. The van der Waals surface area contributed by atoms with E-state index in [-0.39, 0.29) is 15.6 Å². The molecule has 0 spiro atoms. The van der Waals surface area contributed by atoms with Gasteiger partial charge in [0.2, 0.25) is 0 Å². The standard InChI is InChI=1S/C16H36O5Si2/c1-13(2,3)17-22-21-23(18-14(4,5)6,19-15(7,8)9)20-16(10,11)12/h1-12H3. The Morgan fingerprint density at radius 2 is 0.826 bits per heavy atom. The van der Waals surface area contributed by atoms with Crippen molar-refractivity contribution in [1.82, 2.24) is 0 Å². The molecule has 0 rings (SSSR count). The molecule has 7 heteroatoms. The Hall–Kier alpha value is 0.234. The minimum atomic E-state index is -3.41. The predicted molar refractivity (Wildman–Crippen MR) is 95.9 cm³/mol. The third kappa shape index (κ3) is 13.2. The molecule has 0 aliphatic heterocycles. The van der Waals surface area contributed by atoms with Crippen molar-refractivity contribution in [2.24, 2.45) is 0 Å². The van der Waals surface area contributed by atoms with Crippen molar-refractivity contribution in [1.29, 1.82) is 0 Å². The highest BCUT2D eigenvalue weighted by Gasteiger charge is 2.54. The molecule has 0 atom stereocenters. The van der Waals surface area contributed by atoms with Crippen molar-refractivity contribution in [2.45, 2.75) is 105 Å². The van der Waals surface area contributed by atoms with Crippen LogP contribution in [-0.2, 0) is 21.8 Å². The van der Waals surface area contributed by atoms with Gasteiger partial charge in [0.05, 0.1) is 16.8 Å². The van der Waals surface area contributed by atoms with Crippen LogP contribution in [0.3, 0.4) is 0 Å². The molecule has 0 aromatic rings. The van der Waals surface area contributed by atoms with Crippen LogP contribution < -0.4 is 0 Å². The monoisotopic (exact) mass is 364 g/mol. The van der Waals surface area contributed by atoms with E-state index in [2.05, 4.69) is 0 Å². The molecule has 0 aliphatic carbocycles. The van der Waals surface area contributed by atoms with Crippen LogP contribution >= 0.6 is 0 Å². The van der Waals surface area contributed by atoms with Gasteiger partial charge in [-0.15, -0.1) is 0 Å². The molecule has 0 bridgehead atoms. The van der Waals surface area contributed by atoms with Gasteiger partial charge in [0.15, 0.2) is 0 Å². The van der Waals surface area contributed by atoms with Gasteiger partial charge in [0.25, 0.3) is 0 Å². The first-order valence-electron chi connectivity index (χ1n) is 8.04. The lowest BCUT2D eigenvalue weighted by Gasteiger charge is -2.41. The van der Waals surface area contributed by atoms with E-state index < -0.39 is 25.9 Å². The SMILES string of the molecule is CC(C)(C)O[Si]O[Si](OC(C)(C)C)(OC(C)(C)C)OC(C)(C)C. The normalized spacial score (nSPS) is 15.1. The van der Waals surface area contributed by atoms with Crippen molar-refractivity contribution in [3.05, 3.63) is 0 Å². The quantitative estimate of drug-likeness (QED) is 0.660. The van der Waals surface area contributed by atoms with E-state index in [1.54, 1.807) is 0 Å². The zero-order chi connectivity index (χ0) is 18.7. The minimum absolute atomic E-state index is 0.221. The summed E-state index contributed by atoms with van der Waals surface area (Å²) in [5, 5.41) is 0. The van der Waals surface area contributed by atoms with Crippen LogP contribution in [0.5, 0.6) is 0 Å². The molecular weight excluding hydrogens is 328 g/mol. The zero-order valence-corrected chi connectivity index (χ0v) is 19.0. The van der Waals surface area contributed by atoms with Gasteiger partial charge >= 0.3 is 19.1 Å². The Kier molecular flexibility index (Phi) is 7.71. The van der Waals surface area contributed by atoms with Crippen LogP contribution in [0.15, 0.2) is 0 Å². The van der Waals surface area contributed by atoms with E-state index in [1.807, 2.05) is 83.1 Å². The highest BCUT2D eigenvalue weighted by Crippen LogP contribution is 2.29. The van der Waals surface area contributed by atoms with E-state index in [0.717, 1.165) is 0 Å². The Labute approximate surface area is 146 Å². The summed E-state index contributed by atoms with van der Waals surface area (Å²) in [6.07, 6.45) is 0. The molecule has 0 unspecified atom stereocenters. The van der Waals surface area contributed by atoms with Gasteiger partial charge in [-0.1, -0.05) is 0 Å². The Morgan fingerprint density at radius 3 is 1.04 bits per heavy atom. The lowest BCUT2D eigenvalue weighted by molar-refractivity contribution is -0.117. The van der Waals surface area contributed by atoms with Gasteiger partial charge in [-0.05, 0) is 83.1 Å². The maximum atomic E-state index is 6.19. The van der Waals surface area contributed by atoms with Crippen LogP contribution in [0.25, 0.3) is 0 Å². The Balaban J connectivity index is 5.45. The first kappa shape index (κ1) is 23.2. The third-order valence-corrected chi connectivity index (χ3v) is 6.42. The molecule has 0 saturated heterocycles. The predicted octanol–water partition coefficient (Wildman–Crippen LogP) is 4.23. The molecule has 138 valence electrons. The summed E-state index contributed by atoms with van der Waals surface area (Å²) in [4.78, 5) is 0. The molecule has 0 N–H and O–H groups in total. The van der Waals surface area contributed by atoms with E-state index in [0.29, 0.717) is 0 Å². The van der Waals surface area contributed by atoms with Crippen molar-refractivity contribution in [2.75, 3.05) is 0 Å². The highest BCUT2D eigenvalue weighted by molar-refractivity contribution is 6.59. The minimum Gasteiger partial charge on any atom is -0.388 e. The van der Waals surface area contributed by atoms with Gasteiger partial charge in [-0.2, -0.15) is 0 Å². The van der Waals surface area contributed by atoms with Crippen molar-refractivity contribution < 1.29 is 21.8 Å². The fourth-order valence-corrected chi connectivity index (χ4v) is 5.15. The van der Waals surface area contributed by atoms with Gasteiger partial charge < -0.3 is 21.8 Å². The Bertz CT molecular complexity index is 318. The molecule has 0 fully saturated rings. The van der Waals surface area contributed by atoms with E-state index in [9.17, 15) is 0 Å². The smallest absolute Gasteiger partial charge is 0.388 e. The van der Waals surface area contributed by atoms with Crippen molar-refractivity contribution in [3.63, 3.8) is 0 Å². The molecular formula is C16H36O5Si2. The van der Waals surface area contributed by atoms with Crippen LogP contribution in [-0.4, -0.2) is 41.5 Å². The summed E-state index contributed by atoms with van der Waals surface area (Å²) in [6, 6.07) is 0. The molecule has 23 heavy (non-hydrogen) atoms. The molecule has 2 radical (unpaired) electrons. The molecule has 5 nitrogen and oxygen atoms in total. The zero-order valence-electron chi connectivity index (χ0n) is 17.0. The van der Waals surface area contributed by atoms with Gasteiger partial charge in [0, 0.05) is 5.60 Å². The maximum Gasteiger partial charge on any atom is 0.671 e. The fraction of sp³-hybridized carbons (Fsp3) is 1.00. The van der Waals surface area contributed by atoms with Gasteiger partial charge in [0.1, 0.15) is 0 Å². The second-order valence-electron chi connectivity index (χ2n) is 9.54. The third-order valence-electron chi connectivity index (χ3n) is 1.81. The molecule has 0 saturated carbocycles. The highest BCUT2D eigenvalue weighted by atomic mass is 28.4. The molecule has 0 amide bonds. The van der Waals surface area contributed by atoms with E-state index in [4.69, 9.17) is 21.8 Å². The molecule has 0 heterocycles. The van der Waals surface area contributed by atoms with Crippen LogP contribution in [0, 0.1) is 0 Å². The van der Waals surface area contributed by atoms with Gasteiger partial charge in [-0.3, -0.25) is 0 Å². The summed E-state index contributed by atoms with van der Waals surface area (Å²) < 4.78 is 30.3. The summed E-state index contributed by atoms with van der Waals surface area (Å²) in [5.74, 6) is 0. The second-order valence-corrected chi connectivity index (χ2v) is 12.3. The second kappa shape index (κ2) is 7.64. The van der Waals surface area contributed by atoms with Crippen molar-refractivity contribution >= 4 is 19.1 Å². The number of hydrogen-bond donors (Lipinski definition) is 0. The molecule has 0 aromatic heterocycles. The first-order chi connectivity index (χ1) is 9.83. The molecule has 0 aromatic carbocycles. The maximum absolute atomic E-state index is 6.19. The number of hydrogen-bond acceptors (Lipinski definition) is 5. The summed E-state index contributed by atoms with van der Waals surface area (Å²) in [6.45, 7) is 23.6. The average Bonchev–Trinajstić information content (AvgIpc) is 2.03. The topological polar surface area (TPSA) is 46.2 Å². The summed E-state index contributed by atoms with van der Waals surface area (Å²) in [7, 11) is -3.63. The summed E-state index contributed by atoms with van der Waals surface area (Å²) >= 11 is 0. The average molecular weight is 365 g/mol. The lowest BCUT2D eigenvalue weighted by Crippen LogP contribution is -2.60. The summed E-state index contributed by atoms with van der Waals surface area (Å²) in [5.41, 5.74) is -1.69. The van der Waals surface area contributed by atoms with Crippen LogP contribution in [0.2, 0.25) is 0 Å². The first-order valence-corrected chi connectivity index (χ1v) is 10.5. The lowest BCUT2D eigenvalue weighted by atomic mass is 10.2. The Morgan fingerprint density at radius 1 is 0.522 bits per heavy atom. The van der Waals surface area contributed by atoms with Crippen LogP contribution in [0.4, 0.5) is 0 Å². The largest absolute Gasteiger partial charge is 0.671 e. The van der Waals surface area contributed by atoms with E-state index >= 15 is 0 Å². The van der Waals surface area contributed by atoms with E-state index in [1.165, 1.54) is 0 Å². The fourth-order valence-electron chi connectivity index (χ4n) is 1.45.